The van der Waals surface area contributed by atoms with Crippen molar-refractivity contribution >= 4 is 11.9 Å². The standard InChI is InChI=1S/C14H21N5O2/c20-13-3-1-6-18(13)7-2-5-15-14(21)19-8-4-11-12(9-19)17-10-16-11/h10H,1-9H2,(H,15,21)(H,16,17). The second-order valence-electron chi connectivity index (χ2n) is 5.57. The number of H-pyrrole nitrogens is 1. The van der Waals surface area contributed by atoms with Gasteiger partial charge >= 0.3 is 6.03 Å². The SMILES string of the molecule is O=C1CCCN1CCCNC(=O)N1CCc2nc[nH]c2C1. The van der Waals surface area contributed by atoms with Crippen LogP contribution in [0.2, 0.25) is 0 Å². The maximum Gasteiger partial charge on any atom is 0.317 e. The van der Waals surface area contributed by atoms with Gasteiger partial charge in [-0.2, -0.15) is 0 Å². The first-order chi connectivity index (χ1) is 10.2. The zero-order valence-corrected chi connectivity index (χ0v) is 12.1. The summed E-state index contributed by atoms with van der Waals surface area (Å²) in [6, 6.07) is -0.0389. The maximum absolute atomic E-state index is 12.1. The quantitative estimate of drug-likeness (QED) is 0.792. The molecule has 0 bridgehead atoms. The van der Waals surface area contributed by atoms with Gasteiger partial charge in [-0.1, -0.05) is 0 Å². The molecule has 2 N–H and O–H groups in total. The zero-order chi connectivity index (χ0) is 14.7. The van der Waals surface area contributed by atoms with Gasteiger partial charge in [-0.05, 0) is 12.8 Å². The third-order valence-corrected chi connectivity index (χ3v) is 4.11. The number of aromatic nitrogens is 2. The van der Waals surface area contributed by atoms with Gasteiger partial charge in [0.25, 0.3) is 0 Å². The van der Waals surface area contributed by atoms with Crippen molar-refractivity contribution in [2.24, 2.45) is 0 Å². The number of likely N-dealkylation sites (tertiary alicyclic amines) is 1. The molecule has 0 unspecified atom stereocenters. The van der Waals surface area contributed by atoms with Crippen molar-refractivity contribution < 1.29 is 9.59 Å². The van der Waals surface area contributed by atoms with Gasteiger partial charge in [-0.25, -0.2) is 9.78 Å². The topological polar surface area (TPSA) is 81.3 Å². The van der Waals surface area contributed by atoms with E-state index in [-0.39, 0.29) is 11.9 Å². The van der Waals surface area contributed by atoms with Gasteiger partial charge in [0.1, 0.15) is 0 Å². The molecular formula is C14H21N5O2. The van der Waals surface area contributed by atoms with Gasteiger partial charge in [0.05, 0.1) is 24.3 Å². The average Bonchev–Trinajstić information content (AvgIpc) is 3.11. The lowest BCUT2D eigenvalue weighted by atomic mass is 10.1. The minimum atomic E-state index is -0.0389. The van der Waals surface area contributed by atoms with Crippen molar-refractivity contribution in [3.05, 3.63) is 17.7 Å². The van der Waals surface area contributed by atoms with E-state index in [1.165, 1.54) is 0 Å². The van der Waals surface area contributed by atoms with Gasteiger partial charge in [0.15, 0.2) is 0 Å². The number of hydrogen-bond donors (Lipinski definition) is 2. The van der Waals surface area contributed by atoms with E-state index in [0.29, 0.717) is 26.1 Å². The number of fused-ring (bicyclic) bond motifs is 1. The number of amides is 3. The maximum atomic E-state index is 12.1. The van der Waals surface area contributed by atoms with E-state index >= 15 is 0 Å². The van der Waals surface area contributed by atoms with Crippen LogP contribution in [0.5, 0.6) is 0 Å². The molecule has 7 nitrogen and oxygen atoms in total. The van der Waals surface area contributed by atoms with Crippen LogP contribution in [0.25, 0.3) is 0 Å². The molecule has 3 heterocycles. The number of carbonyl (C=O) groups is 2. The molecule has 21 heavy (non-hydrogen) atoms. The Morgan fingerprint density at radius 1 is 1.38 bits per heavy atom. The summed E-state index contributed by atoms with van der Waals surface area (Å²) >= 11 is 0. The highest BCUT2D eigenvalue weighted by molar-refractivity contribution is 5.78. The van der Waals surface area contributed by atoms with E-state index in [2.05, 4.69) is 15.3 Å². The number of urea groups is 1. The van der Waals surface area contributed by atoms with E-state index in [9.17, 15) is 9.59 Å². The van der Waals surface area contributed by atoms with E-state index in [4.69, 9.17) is 0 Å². The summed E-state index contributed by atoms with van der Waals surface area (Å²) in [5, 5.41) is 2.93. The first-order valence-corrected chi connectivity index (χ1v) is 7.56. The Labute approximate surface area is 123 Å². The largest absolute Gasteiger partial charge is 0.347 e. The van der Waals surface area contributed by atoms with Crippen LogP contribution in [0.3, 0.4) is 0 Å². The molecule has 3 amide bonds. The number of carbonyl (C=O) groups excluding carboxylic acids is 2. The molecule has 2 aliphatic heterocycles. The Morgan fingerprint density at radius 3 is 3.10 bits per heavy atom. The van der Waals surface area contributed by atoms with Crippen LogP contribution in [0, 0.1) is 0 Å². The van der Waals surface area contributed by atoms with Gasteiger partial charge in [0, 0.05) is 39.0 Å². The number of nitrogens with zero attached hydrogens (tertiary/aromatic N) is 3. The highest BCUT2D eigenvalue weighted by Gasteiger charge is 2.22. The Hall–Kier alpha value is -2.05. The van der Waals surface area contributed by atoms with E-state index in [0.717, 1.165) is 43.7 Å². The number of imidazole rings is 1. The molecule has 3 rings (SSSR count). The van der Waals surface area contributed by atoms with Crippen molar-refractivity contribution in [1.82, 2.24) is 25.1 Å². The summed E-state index contributed by atoms with van der Waals surface area (Å²) in [6.45, 7) is 3.50. The average molecular weight is 291 g/mol. The highest BCUT2D eigenvalue weighted by atomic mass is 16.2. The van der Waals surface area contributed by atoms with Crippen molar-refractivity contribution in [3.8, 4) is 0 Å². The molecule has 1 fully saturated rings. The fraction of sp³-hybridized carbons (Fsp3) is 0.643. The number of rotatable bonds is 4. The van der Waals surface area contributed by atoms with Crippen molar-refractivity contribution in [3.63, 3.8) is 0 Å². The Bertz CT molecular complexity index is 527. The predicted molar refractivity (Wildman–Crippen MR) is 76.5 cm³/mol. The third kappa shape index (κ3) is 3.17. The molecule has 0 aliphatic carbocycles. The normalized spacial score (nSPS) is 18.0. The minimum absolute atomic E-state index is 0.0389. The number of aromatic amines is 1. The third-order valence-electron chi connectivity index (χ3n) is 4.11. The van der Waals surface area contributed by atoms with Crippen LogP contribution in [0.1, 0.15) is 30.7 Å². The second kappa shape index (κ2) is 6.15. The summed E-state index contributed by atoms with van der Waals surface area (Å²) < 4.78 is 0. The van der Waals surface area contributed by atoms with Crippen LogP contribution in [-0.2, 0) is 17.8 Å². The number of hydrogen-bond acceptors (Lipinski definition) is 3. The van der Waals surface area contributed by atoms with Crippen LogP contribution < -0.4 is 5.32 Å². The first kappa shape index (κ1) is 13.9. The zero-order valence-electron chi connectivity index (χ0n) is 12.1. The van der Waals surface area contributed by atoms with Gasteiger partial charge < -0.3 is 20.1 Å². The first-order valence-electron chi connectivity index (χ1n) is 7.56. The molecule has 2 aliphatic rings. The fourth-order valence-electron chi connectivity index (χ4n) is 2.90. The molecule has 0 saturated carbocycles. The fourth-order valence-corrected chi connectivity index (χ4v) is 2.90. The predicted octanol–water partition coefficient (Wildman–Crippen LogP) is 0.490. The molecule has 1 aromatic rings. The molecule has 0 spiro atoms. The van der Waals surface area contributed by atoms with Crippen LogP contribution >= 0.6 is 0 Å². The summed E-state index contributed by atoms with van der Waals surface area (Å²) in [4.78, 5) is 34.5. The van der Waals surface area contributed by atoms with Crippen LogP contribution in [0.15, 0.2) is 6.33 Å². The van der Waals surface area contributed by atoms with E-state index in [1.54, 1.807) is 11.2 Å². The minimum Gasteiger partial charge on any atom is -0.347 e. The van der Waals surface area contributed by atoms with Gasteiger partial charge in [0.2, 0.25) is 5.91 Å². The molecule has 0 atom stereocenters. The van der Waals surface area contributed by atoms with E-state index in [1.807, 2.05) is 4.90 Å². The monoisotopic (exact) mass is 291 g/mol. The molecule has 0 aromatic carbocycles. The molecule has 7 heteroatoms. The van der Waals surface area contributed by atoms with Crippen molar-refractivity contribution in [2.45, 2.75) is 32.2 Å². The van der Waals surface area contributed by atoms with Crippen molar-refractivity contribution in [1.29, 1.82) is 0 Å². The summed E-state index contributed by atoms with van der Waals surface area (Å²) in [5.74, 6) is 0.240. The highest BCUT2D eigenvalue weighted by Crippen LogP contribution is 2.14. The Morgan fingerprint density at radius 2 is 2.29 bits per heavy atom. The lowest BCUT2D eigenvalue weighted by Gasteiger charge is -2.26. The molecule has 1 aromatic heterocycles. The smallest absolute Gasteiger partial charge is 0.317 e. The van der Waals surface area contributed by atoms with Crippen LogP contribution in [0.4, 0.5) is 4.79 Å². The summed E-state index contributed by atoms with van der Waals surface area (Å²) in [6.07, 6.45) is 4.92. The van der Waals surface area contributed by atoms with Crippen molar-refractivity contribution in [2.75, 3.05) is 26.2 Å². The van der Waals surface area contributed by atoms with Gasteiger partial charge in [-0.3, -0.25) is 4.79 Å². The Balaban J connectivity index is 1.38. The summed E-state index contributed by atoms with van der Waals surface area (Å²) in [7, 11) is 0. The lowest BCUT2D eigenvalue weighted by molar-refractivity contribution is -0.127. The summed E-state index contributed by atoms with van der Waals surface area (Å²) in [5.41, 5.74) is 2.09. The van der Waals surface area contributed by atoms with Crippen LogP contribution in [-0.4, -0.2) is 57.9 Å². The Kier molecular flexibility index (Phi) is 4.08. The van der Waals surface area contributed by atoms with Gasteiger partial charge in [-0.15, -0.1) is 0 Å². The molecule has 114 valence electrons. The van der Waals surface area contributed by atoms with E-state index < -0.39 is 0 Å². The second-order valence-corrected chi connectivity index (χ2v) is 5.57. The number of nitrogens with one attached hydrogen (secondary N) is 2. The molecule has 0 radical (unpaired) electrons. The molecule has 1 saturated heterocycles. The molecular weight excluding hydrogens is 270 g/mol. The lowest BCUT2D eigenvalue weighted by Crippen LogP contribution is -2.43.